The lowest BCUT2D eigenvalue weighted by Crippen LogP contribution is -2.16. The molecule has 25 heavy (non-hydrogen) atoms. The second-order valence-electron chi connectivity index (χ2n) is 5.19. The number of rotatable bonds is 5. The lowest BCUT2D eigenvalue weighted by atomic mass is 10.1. The van der Waals surface area contributed by atoms with Gasteiger partial charge in [0.05, 0.1) is 24.7 Å². The third-order valence-corrected chi connectivity index (χ3v) is 4.76. The number of benzene rings is 1. The van der Waals surface area contributed by atoms with Crippen LogP contribution in [0.5, 0.6) is 5.88 Å². The van der Waals surface area contributed by atoms with E-state index in [1.807, 2.05) is 18.2 Å². The molecule has 7 nitrogen and oxygen atoms in total. The monoisotopic (exact) mass is 356 g/mol. The number of ether oxygens (including phenoxy) is 1. The summed E-state index contributed by atoms with van der Waals surface area (Å²) in [5, 5.41) is 0. The van der Waals surface area contributed by atoms with Gasteiger partial charge in [0.2, 0.25) is 5.82 Å². The van der Waals surface area contributed by atoms with E-state index in [0.717, 1.165) is 0 Å². The lowest BCUT2D eigenvalue weighted by Gasteiger charge is -2.13. The summed E-state index contributed by atoms with van der Waals surface area (Å²) in [4.78, 5) is 12.5. The second-order valence-corrected chi connectivity index (χ2v) is 6.84. The predicted octanol–water partition coefficient (Wildman–Crippen LogP) is 2.66. The van der Waals surface area contributed by atoms with Crippen LogP contribution in [0.15, 0.2) is 59.8 Å². The zero-order chi connectivity index (χ0) is 17.9. The number of hydrogen-bond donors (Lipinski definition) is 1. The van der Waals surface area contributed by atoms with Crippen molar-refractivity contribution in [3.63, 3.8) is 0 Å². The van der Waals surface area contributed by atoms with Crippen LogP contribution in [0, 0.1) is 6.92 Å². The highest BCUT2D eigenvalue weighted by molar-refractivity contribution is 7.92. The number of pyridine rings is 1. The Balaban J connectivity index is 2.05. The number of aryl methyl sites for hydroxylation is 1. The van der Waals surface area contributed by atoms with Gasteiger partial charge in [0.25, 0.3) is 15.9 Å². The Labute approximate surface area is 145 Å². The number of sulfonamides is 1. The first-order chi connectivity index (χ1) is 12.0. The maximum Gasteiger partial charge on any atom is 0.265 e. The minimum Gasteiger partial charge on any atom is -0.478 e. The molecule has 0 saturated heterocycles. The normalized spacial score (nSPS) is 11.1. The van der Waals surface area contributed by atoms with E-state index in [1.54, 1.807) is 31.3 Å². The molecule has 1 aromatic carbocycles. The Kier molecular flexibility index (Phi) is 4.62. The Morgan fingerprint density at radius 2 is 1.80 bits per heavy atom. The van der Waals surface area contributed by atoms with Gasteiger partial charge in [0.15, 0.2) is 0 Å². The standard InChI is InChI=1S/C17H16N4O3S/c1-12-11-19-16(17(20-12)24-2)21-25(22,23)14-9-6-10-18-15(14)13-7-4-3-5-8-13/h3-11H,1-2H3,(H,19,21). The van der Waals surface area contributed by atoms with Crippen LogP contribution in [0.3, 0.4) is 0 Å². The van der Waals surface area contributed by atoms with Gasteiger partial charge in [-0.05, 0) is 19.1 Å². The van der Waals surface area contributed by atoms with Crippen molar-refractivity contribution < 1.29 is 13.2 Å². The molecule has 8 heteroatoms. The molecule has 0 unspecified atom stereocenters. The van der Waals surface area contributed by atoms with E-state index in [9.17, 15) is 8.42 Å². The molecule has 3 aromatic rings. The molecule has 2 heterocycles. The SMILES string of the molecule is COc1nc(C)cnc1NS(=O)(=O)c1cccnc1-c1ccccc1. The summed E-state index contributed by atoms with van der Waals surface area (Å²) in [6, 6.07) is 12.2. The predicted molar refractivity (Wildman–Crippen MR) is 93.8 cm³/mol. The van der Waals surface area contributed by atoms with Crippen LogP contribution in [-0.2, 0) is 10.0 Å². The molecule has 0 amide bonds. The summed E-state index contributed by atoms with van der Waals surface area (Å²) in [5.74, 6) is 0.129. The first-order valence-electron chi connectivity index (χ1n) is 7.42. The summed E-state index contributed by atoms with van der Waals surface area (Å²) in [5.41, 5.74) is 1.67. The van der Waals surface area contributed by atoms with E-state index in [4.69, 9.17) is 4.74 Å². The van der Waals surface area contributed by atoms with Crippen molar-refractivity contribution in [1.29, 1.82) is 0 Å². The van der Waals surface area contributed by atoms with Crippen molar-refractivity contribution in [2.45, 2.75) is 11.8 Å². The van der Waals surface area contributed by atoms with E-state index in [2.05, 4.69) is 19.7 Å². The van der Waals surface area contributed by atoms with Gasteiger partial charge in [-0.25, -0.2) is 18.4 Å². The Bertz CT molecular complexity index is 992. The topological polar surface area (TPSA) is 94.1 Å². The highest BCUT2D eigenvalue weighted by Gasteiger charge is 2.23. The van der Waals surface area contributed by atoms with Crippen LogP contribution < -0.4 is 9.46 Å². The molecule has 2 aromatic heterocycles. The number of methoxy groups -OCH3 is 1. The Morgan fingerprint density at radius 1 is 1.04 bits per heavy atom. The van der Waals surface area contributed by atoms with E-state index < -0.39 is 10.0 Å². The minimum atomic E-state index is -3.93. The molecule has 0 radical (unpaired) electrons. The third-order valence-electron chi connectivity index (χ3n) is 3.39. The highest BCUT2D eigenvalue weighted by Crippen LogP contribution is 2.28. The van der Waals surface area contributed by atoms with Gasteiger partial charge in [0.1, 0.15) is 4.90 Å². The van der Waals surface area contributed by atoms with E-state index in [-0.39, 0.29) is 16.6 Å². The average Bonchev–Trinajstić information content (AvgIpc) is 2.64. The van der Waals surface area contributed by atoms with Crippen LogP contribution in [0.2, 0.25) is 0 Å². The van der Waals surface area contributed by atoms with Crippen molar-refractivity contribution >= 4 is 15.8 Å². The van der Waals surface area contributed by atoms with Crippen LogP contribution >= 0.6 is 0 Å². The van der Waals surface area contributed by atoms with Crippen LogP contribution in [0.4, 0.5) is 5.82 Å². The number of anilines is 1. The maximum absolute atomic E-state index is 12.9. The van der Waals surface area contributed by atoms with Crippen LogP contribution in [-0.4, -0.2) is 30.5 Å². The molecule has 0 atom stereocenters. The number of nitrogens with zero attached hydrogens (tertiary/aromatic N) is 3. The molecule has 0 fully saturated rings. The summed E-state index contributed by atoms with van der Waals surface area (Å²) in [7, 11) is -2.53. The molecule has 0 aliphatic heterocycles. The van der Waals surface area contributed by atoms with Gasteiger partial charge < -0.3 is 4.74 Å². The first-order valence-corrected chi connectivity index (χ1v) is 8.90. The van der Waals surface area contributed by atoms with Gasteiger partial charge in [0, 0.05) is 11.8 Å². The van der Waals surface area contributed by atoms with Crippen molar-refractivity contribution in [2.24, 2.45) is 0 Å². The van der Waals surface area contributed by atoms with Gasteiger partial charge in [-0.1, -0.05) is 30.3 Å². The quantitative estimate of drug-likeness (QED) is 0.755. The number of hydrogen-bond acceptors (Lipinski definition) is 6. The molecule has 0 aliphatic carbocycles. The van der Waals surface area contributed by atoms with Gasteiger partial charge in [-0.3, -0.25) is 9.71 Å². The zero-order valence-corrected chi connectivity index (χ0v) is 14.5. The smallest absolute Gasteiger partial charge is 0.265 e. The van der Waals surface area contributed by atoms with Crippen molar-refractivity contribution in [3.05, 3.63) is 60.6 Å². The molecule has 3 rings (SSSR count). The number of aromatic nitrogens is 3. The van der Waals surface area contributed by atoms with Crippen molar-refractivity contribution in [2.75, 3.05) is 11.8 Å². The number of nitrogens with one attached hydrogen (secondary N) is 1. The van der Waals surface area contributed by atoms with Crippen molar-refractivity contribution in [3.8, 4) is 17.1 Å². The molecule has 0 aliphatic rings. The molecule has 128 valence electrons. The molecule has 1 N–H and O–H groups in total. The van der Waals surface area contributed by atoms with E-state index in [0.29, 0.717) is 17.0 Å². The van der Waals surface area contributed by atoms with Crippen LogP contribution in [0.1, 0.15) is 5.69 Å². The fourth-order valence-electron chi connectivity index (χ4n) is 2.27. The average molecular weight is 356 g/mol. The van der Waals surface area contributed by atoms with E-state index in [1.165, 1.54) is 19.4 Å². The molecular formula is C17H16N4O3S. The lowest BCUT2D eigenvalue weighted by molar-refractivity contribution is 0.397. The summed E-state index contributed by atoms with van der Waals surface area (Å²) >= 11 is 0. The first kappa shape index (κ1) is 16.8. The molecule has 0 saturated carbocycles. The molecular weight excluding hydrogens is 340 g/mol. The third kappa shape index (κ3) is 3.58. The largest absolute Gasteiger partial charge is 0.478 e. The van der Waals surface area contributed by atoms with Gasteiger partial charge in [-0.15, -0.1) is 0 Å². The fraction of sp³-hybridized carbons (Fsp3) is 0.118. The van der Waals surface area contributed by atoms with E-state index >= 15 is 0 Å². The highest BCUT2D eigenvalue weighted by atomic mass is 32.2. The maximum atomic E-state index is 12.9. The molecule has 0 spiro atoms. The zero-order valence-electron chi connectivity index (χ0n) is 13.7. The summed E-state index contributed by atoms with van der Waals surface area (Å²) in [6.45, 7) is 1.74. The Morgan fingerprint density at radius 3 is 2.52 bits per heavy atom. The summed E-state index contributed by atoms with van der Waals surface area (Å²) in [6.07, 6.45) is 3.01. The molecule has 0 bridgehead atoms. The van der Waals surface area contributed by atoms with Crippen LogP contribution in [0.25, 0.3) is 11.3 Å². The summed E-state index contributed by atoms with van der Waals surface area (Å²) < 4.78 is 33.3. The van der Waals surface area contributed by atoms with Gasteiger partial charge in [-0.2, -0.15) is 0 Å². The second kappa shape index (κ2) is 6.86. The van der Waals surface area contributed by atoms with Crippen molar-refractivity contribution in [1.82, 2.24) is 15.0 Å². The van der Waals surface area contributed by atoms with Gasteiger partial charge >= 0.3 is 0 Å². The fourth-order valence-corrected chi connectivity index (χ4v) is 3.46. The Hall–Kier alpha value is -3.00. The minimum absolute atomic E-state index is 0.0240.